The van der Waals surface area contributed by atoms with Gasteiger partial charge in [-0.15, -0.1) is 0 Å². The number of nitrogens with zero attached hydrogens (tertiary/aromatic N) is 1. The molecule has 0 aliphatic heterocycles. The van der Waals surface area contributed by atoms with Crippen molar-refractivity contribution in [3.8, 4) is 0 Å². The lowest BCUT2D eigenvalue weighted by atomic mass is 10.3. The molecule has 1 unspecified atom stereocenters. The van der Waals surface area contributed by atoms with Gasteiger partial charge in [0, 0.05) is 19.6 Å². The summed E-state index contributed by atoms with van der Waals surface area (Å²) in [5.74, 6) is 0. The molecular formula is C10H24N2O. The van der Waals surface area contributed by atoms with Gasteiger partial charge in [0.15, 0.2) is 0 Å². The zero-order valence-electron chi connectivity index (χ0n) is 9.21. The molecule has 0 spiro atoms. The number of hydrogen-bond donors (Lipinski definition) is 2. The Morgan fingerprint density at radius 1 is 1.23 bits per heavy atom. The second-order valence-corrected chi connectivity index (χ2v) is 3.29. The fraction of sp³-hybridized carbons (Fsp3) is 1.00. The monoisotopic (exact) mass is 188 g/mol. The first-order valence-electron chi connectivity index (χ1n) is 5.35. The molecule has 1 atom stereocenters. The predicted molar refractivity (Wildman–Crippen MR) is 57.0 cm³/mol. The van der Waals surface area contributed by atoms with E-state index in [-0.39, 0.29) is 6.10 Å². The molecule has 0 amide bonds. The van der Waals surface area contributed by atoms with Crippen molar-refractivity contribution in [2.75, 3.05) is 32.7 Å². The van der Waals surface area contributed by atoms with Crippen molar-refractivity contribution < 1.29 is 5.11 Å². The SMILES string of the molecule is CCC(O)CNCCN(CC)CC. The van der Waals surface area contributed by atoms with Crippen molar-refractivity contribution >= 4 is 0 Å². The van der Waals surface area contributed by atoms with E-state index in [2.05, 4.69) is 24.1 Å². The molecule has 0 aromatic carbocycles. The van der Waals surface area contributed by atoms with Gasteiger partial charge in [0.2, 0.25) is 0 Å². The fourth-order valence-electron chi connectivity index (χ4n) is 1.19. The van der Waals surface area contributed by atoms with E-state index in [9.17, 15) is 5.11 Å². The first kappa shape index (κ1) is 12.9. The van der Waals surface area contributed by atoms with Gasteiger partial charge in [-0.3, -0.25) is 0 Å². The van der Waals surface area contributed by atoms with Crippen molar-refractivity contribution in [3.05, 3.63) is 0 Å². The van der Waals surface area contributed by atoms with Crippen LogP contribution >= 0.6 is 0 Å². The molecule has 0 radical (unpaired) electrons. The highest BCUT2D eigenvalue weighted by molar-refractivity contribution is 4.59. The number of aliphatic hydroxyl groups is 1. The fourth-order valence-corrected chi connectivity index (χ4v) is 1.19. The topological polar surface area (TPSA) is 35.5 Å². The van der Waals surface area contributed by atoms with E-state index >= 15 is 0 Å². The lowest BCUT2D eigenvalue weighted by molar-refractivity contribution is 0.165. The van der Waals surface area contributed by atoms with E-state index in [1.165, 1.54) is 0 Å². The molecule has 0 fully saturated rings. The standard InChI is InChI=1S/C10H24N2O/c1-4-10(13)9-11-7-8-12(5-2)6-3/h10-11,13H,4-9H2,1-3H3. The van der Waals surface area contributed by atoms with Crippen molar-refractivity contribution in [1.29, 1.82) is 0 Å². The summed E-state index contributed by atoms with van der Waals surface area (Å²) in [6.45, 7) is 11.3. The Hall–Kier alpha value is -0.120. The van der Waals surface area contributed by atoms with Crippen molar-refractivity contribution in [2.45, 2.75) is 33.3 Å². The number of hydrogen-bond acceptors (Lipinski definition) is 3. The van der Waals surface area contributed by atoms with Crippen molar-refractivity contribution in [2.24, 2.45) is 0 Å². The predicted octanol–water partition coefficient (Wildman–Crippen LogP) is 0.689. The third-order valence-corrected chi connectivity index (χ3v) is 2.35. The first-order valence-corrected chi connectivity index (χ1v) is 5.35. The van der Waals surface area contributed by atoms with Gasteiger partial charge in [0.05, 0.1) is 6.10 Å². The molecule has 3 nitrogen and oxygen atoms in total. The van der Waals surface area contributed by atoms with Crippen LogP contribution in [0.15, 0.2) is 0 Å². The van der Waals surface area contributed by atoms with Gasteiger partial charge in [-0.25, -0.2) is 0 Å². The van der Waals surface area contributed by atoms with E-state index in [1.807, 2.05) is 6.92 Å². The van der Waals surface area contributed by atoms with Gasteiger partial charge in [-0.2, -0.15) is 0 Å². The molecule has 0 saturated carbocycles. The second kappa shape index (κ2) is 8.48. The molecule has 2 N–H and O–H groups in total. The Morgan fingerprint density at radius 3 is 2.31 bits per heavy atom. The summed E-state index contributed by atoms with van der Waals surface area (Å²) in [6.07, 6.45) is 0.648. The number of aliphatic hydroxyl groups excluding tert-OH is 1. The average Bonchev–Trinajstić information content (AvgIpc) is 2.18. The zero-order chi connectivity index (χ0) is 10.1. The summed E-state index contributed by atoms with van der Waals surface area (Å²) in [5, 5.41) is 12.5. The average molecular weight is 188 g/mol. The quantitative estimate of drug-likeness (QED) is 0.550. The summed E-state index contributed by atoms with van der Waals surface area (Å²) < 4.78 is 0. The van der Waals surface area contributed by atoms with Crippen LogP contribution in [0, 0.1) is 0 Å². The minimum Gasteiger partial charge on any atom is -0.392 e. The smallest absolute Gasteiger partial charge is 0.0662 e. The molecule has 0 bridgehead atoms. The van der Waals surface area contributed by atoms with Gasteiger partial charge < -0.3 is 15.3 Å². The van der Waals surface area contributed by atoms with Crippen LogP contribution in [0.3, 0.4) is 0 Å². The zero-order valence-corrected chi connectivity index (χ0v) is 9.21. The van der Waals surface area contributed by atoms with Gasteiger partial charge in [0.25, 0.3) is 0 Å². The van der Waals surface area contributed by atoms with Crippen LogP contribution in [0.25, 0.3) is 0 Å². The number of rotatable bonds is 8. The molecule has 80 valence electrons. The minimum absolute atomic E-state index is 0.184. The third-order valence-electron chi connectivity index (χ3n) is 2.35. The molecule has 0 saturated heterocycles. The van der Waals surface area contributed by atoms with Crippen LogP contribution in [-0.4, -0.2) is 48.8 Å². The Kier molecular flexibility index (Phi) is 8.40. The summed E-state index contributed by atoms with van der Waals surface area (Å²) in [5.41, 5.74) is 0. The van der Waals surface area contributed by atoms with Crippen LogP contribution in [-0.2, 0) is 0 Å². The van der Waals surface area contributed by atoms with Gasteiger partial charge in [0.1, 0.15) is 0 Å². The van der Waals surface area contributed by atoms with Crippen LogP contribution < -0.4 is 5.32 Å². The summed E-state index contributed by atoms with van der Waals surface area (Å²) in [6, 6.07) is 0. The Morgan fingerprint density at radius 2 is 1.85 bits per heavy atom. The highest BCUT2D eigenvalue weighted by Crippen LogP contribution is 1.87. The van der Waals surface area contributed by atoms with E-state index in [4.69, 9.17) is 0 Å². The molecule has 3 heteroatoms. The van der Waals surface area contributed by atoms with Crippen molar-refractivity contribution in [1.82, 2.24) is 10.2 Å². The maximum atomic E-state index is 9.26. The lowest BCUT2D eigenvalue weighted by Gasteiger charge is -2.18. The van der Waals surface area contributed by atoms with E-state index in [0.29, 0.717) is 0 Å². The highest BCUT2D eigenvalue weighted by Gasteiger charge is 2.00. The maximum Gasteiger partial charge on any atom is 0.0662 e. The Balaban J connectivity index is 3.23. The summed E-state index contributed by atoms with van der Waals surface area (Å²) in [7, 11) is 0. The summed E-state index contributed by atoms with van der Waals surface area (Å²) >= 11 is 0. The molecule has 0 heterocycles. The molecule has 0 aliphatic rings. The van der Waals surface area contributed by atoms with Gasteiger partial charge in [-0.1, -0.05) is 20.8 Å². The van der Waals surface area contributed by atoms with Crippen LogP contribution in [0.5, 0.6) is 0 Å². The normalized spacial score (nSPS) is 13.6. The largest absolute Gasteiger partial charge is 0.392 e. The highest BCUT2D eigenvalue weighted by atomic mass is 16.3. The third kappa shape index (κ3) is 6.99. The minimum atomic E-state index is -0.184. The molecule has 0 aliphatic carbocycles. The van der Waals surface area contributed by atoms with E-state index in [0.717, 1.165) is 39.1 Å². The lowest BCUT2D eigenvalue weighted by Crippen LogP contribution is -2.35. The number of nitrogens with one attached hydrogen (secondary N) is 1. The molecule has 13 heavy (non-hydrogen) atoms. The number of likely N-dealkylation sites (N-methyl/N-ethyl adjacent to an activating group) is 1. The Labute approximate surface area is 82.1 Å². The van der Waals surface area contributed by atoms with E-state index < -0.39 is 0 Å². The van der Waals surface area contributed by atoms with Crippen LogP contribution in [0.4, 0.5) is 0 Å². The molecular weight excluding hydrogens is 164 g/mol. The molecule has 0 aromatic heterocycles. The van der Waals surface area contributed by atoms with E-state index in [1.54, 1.807) is 0 Å². The second-order valence-electron chi connectivity index (χ2n) is 3.29. The van der Waals surface area contributed by atoms with Crippen LogP contribution in [0.2, 0.25) is 0 Å². The Bertz CT molecular complexity index is 105. The van der Waals surface area contributed by atoms with Gasteiger partial charge >= 0.3 is 0 Å². The first-order chi connectivity index (χ1) is 6.24. The molecule has 0 aromatic rings. The van der Waals surface area contributed by atoms with Crippen molar-refractivity contribution in [3.63, 3.8) is 0 Å². The molecule has 0 rings (SSSR count). The van der Waals surface area contributed by atoms with Crippen LogP contribution in [0.1, 0.15) is 27.2 Å². The van der Waals surface area contributed by atoms with Gasteiger partial charge in [-0.05, 0) is 19.5 Å². The summed E-state index contributed by atoms with van der Waals surface area (Å²) in [4.78, 5) is 2.37. The maximum absolute atomic E-state index is 9.26.